The molecule has 7 heteroatoms. The lowest BCUT2D eigenvalue weighted by atomic mass is 10.3. The van der Waals surface area contributed by atoms with Crippen molar-refractivity contribution in [2.24, 2.45) is 0 Å². The molecule has 0 aliphatic heterocycles. The first-order chi connectivity index (χ1) is 7.79. The second-order valence-electron chi connectivity index (χ2n) is 3.15. The number of hydrogen-bond donors (Lipinski definition) is 1. The van der Waals surface area contributed by atoms with Crippen molar-refractivity contribution in [3.63, 3.8) is 0 Å². The van der Waals surface area contributed by atoms with Gasteiger partial charge in [0.2, 0.25) is 5.91 Å². The Balaban J connectivity index is 2.89. The van der Waals surface area contributed by atoms with Crippen molar-refractivity contribution in [2.45, 2.75) is 22.7 Å². The van der Waals surface area contributed by atoms with E-state index in [2.05, 4.69) is 5.32 Å². The van der Waals surface area contributed by atoms with Crippen molar-refractivity contribution in [2.75, 3.05) is 5.32 Å². The molecule has 1 amide bonds. The zero-order valence-electron chi connectivity index (χ0n) is 8.72. The fourth-order valence-corrected chi connectivity index (χ4v) is 1.70. The largest absolute Gasteiger partial charge is 0.446 e. The van der Waals surface area contributed by atoms with Gasteiger partial charge >= 0.3 is 5.51 Å². The van der Waals surface area contributed by atoms with Gasteiger partial charge in [0, 0.05) is 4.90 Å². The topological polar surface area (TPSA) is 29.1 Å². The number of hydrogen-bond acceptors (Lipinski definition) is 2. The summed E-state index contributed by atoms with van der Waals surface area (Å²) in [5.41, 5.74) is -4.29. The third-order valence-electron chi connectivity index (χ3n) is 1.73. The maximum Gasteiger partial charge on any atom is 0.446 e. The summed E-state index contributed by atoms with van der Waals surface area (Å²) in [5, 5.41) is 1.53. The highest BCUT2D eigenvalue weighted by atomic mass is 35.5. The molecule has 1 rings (SSSR count). The first kappa shape index (κ1) is 14.2. The molecule has 1 aromatic carbocycles. The number of rotatable bonds is 3. The Hall–Kier alpha value is -0.880. The van der Waals surface area contributed by atoms with E-state index in [0.717, 1.165) is 0 Å². The van der Waals surface area contributed by atoms with E-state index in [-0.39, 0.29) is 22.3 Å². The van der Waals surface area contributed by atoms with Crippen LogP contribution in [0.25, 0.3) is 0 Å². The third kappa shape index (κ3) is 4.87. The monoisotopic (exact) mass is 283 g/mol. The Kier molecular flexibility index (Phi) is 4.70. The van der Waals surface area contributed by atoms with Gasteiger partial charge in [0.1, 0.15) is 5.38 Å². The minimum absolute atomic E-state index is 0.0642. The molecule has 0 bridgehead atoms. The average Bonchev–Trinajstić information content (AvgIpc) is 2.18. The van der Waals surface area contributed by atoms with Gasteiger partial charge in [-0.05, 0) is 30.8 Å². The van der Waals surface area contributed by atoms with Gasteiger partial charge < -0.3 is 5.32 Å². The van der Waals surface area contributed by atoms with Crippen molar-refractivity contribution in [1.29, 1.82) is 0 Å². The lowest BCUT2D eigenvalue weighted by Crippen LogP contribution is -2.20. The van der Waals surface area contributed by atoms with E-state index in [0.29, 0.717) is 0 Å². The molecule has 1 atom stereocenters. The van der Waals surface area contributed by atoms with Gasteiger partial charge in [0.25, 0.3) is 0 Å². The summed E-state index contributed by atoms with van der Waals surface area (Å²) >= 11 is 5.25. The second kappa shape index (κ2) is 5.64. The van der Waals surface area contributed by atoms with Crippen molar-refractivity contribution < 1.29 is 18.0 Å². The third-order valence-corrected chi connectivity index (χ3v) is 2.74. The number of alkyl halides is 4. The van der Waals surface area contributed by atoms with Gasteiger partial charge in [-0.3, -0.25) is 4.79 Å². The van der Waals surface area contributed by atoms with Crippen LogP contribution in [0.1, 0.15) is 6.92 Å². The second-order valence-corrected chi connectivity index (χ2v) is 4.91. The van der Waals surface area contributed by atoms with E-state index < -0.39 is 16.8 Å². The Bertz CT molecular complexity index is 409. The quantitative estimate of drug-likeness (QED) is 0.674. The molecule has 17 heavy (non-hydrogen) atoms. The fraction of sp³-hybridized carbons (Fsp3) is 0.300. The zero-order chi connectivity index (χ0) is 13.1. The predicted molar refractivity (Wildman–Crippen MR) is 62.3 cm³/mol. The maximum atomic E-state index is 12.2. The predicted octanol–water partition coefficient (Wildman–Crippen LogP) is 3.86. The van der Waals surface area contributed by atoms with Crippen LogP contribution in [-0.4, -0.2) is 16.8 Å². The molecule has 0 saturated carbocycles. The molecule has 0 fully saturated rings. The Morgan fingerprint density at radius 3 is 2.53 bits per heavy atom. The summed E-state index contributed by atoms with van der Waals surface area (Å²) in [6.45, 7) is 1.44. The van der Waals surface area contributed by atoms with Gasteiger partial charge in [-0.15, -0.1) is 11.6 Å². The van der Waals surface area contributed by atoms with Crippen molar-refractivity contribution in [1.82, 2.24) is 0 Å². The molecular weight excluding hydrogens is 275 g/mol. The highest BCUT2D eigenvalue weighted by molar-refractivity contribution is 8.00. The Morgan fingerprint density at radius 1 is 1.41 bits per heavy atom. The summed E-state index contributed by atoms with van der Waals surface area (Å²) < 4.78 is 36.7. The van der Waals surface area contributed by atoms with Crippen LogP contribution < -0.4 is 5.32 Å². The molecule has 1 aromatic rings. The van der Waals surface area contributed by atoms with Crippen molar-refractivity contribution in [3.8, 4) is 0 Å². The maximum absolute atomic E-state index is 12.2. The van der Waals surface area contributed by atoms with Crippen molar-refractivity contribution in [3.05, 3.63) is 24.3 Å². The molecule has 0 spiro atoms. The van der Waals surface area contributed by atoms with Gasteiger partial charge in [0.15, 0.2) is 0 Å². The molecule has 0 saturated heterocycles. The van der Waals surface area contributed by atoms with E-state index in [4.69, 9.17) is 11.6 Å². The number of nitrogens with one attached hydrogen (secondary N) is 1. The summed E-state index contributed by atoms with van der Waals surface area (Å²) in [5.74, 6) is -0.540. The molecule has 1 unspecified atom stereocenters. The molecular formula is C10H9ClF3NOS. The van der Waals surface area contributed by atoms with Crippen LogP contribution in [0.2, 0.25) is 0 Å². The van der Waals surface area contributed by atoms with E-state index in [9.17, 15) is 18.0 Å². The van der Waals surface area contributed by atoms with Crippen LogP contribution in [-0.2, 0) is 4.79 Å². The Morgan fingerprint density at radius 2 is 2.00 bits per heavy atom. The van der Waals surface area contributed by atoms with Crippen LogP contribution in [0.3, 0.4) is 0 Å². The molecule has 1 N–H and O–H groups in total. The number of halogens is 4. The lowest BCUT2D eigenvalue weighted by Gasteiger charge is -2.12. The Labute approximate surface area is 106 Å². The fourth-order valence-electron chi connectivity index (χ4n) is 1.02. The van der Waals surface area contributed by atoms with Gasteiger partial charge in [-0.25, -0.2) is 0 Å². The standard InChI is InChI=1S/C10H9ClF3NOS/c1-6(11)9(16)15-7-4-2-3-5-8(7)17-10(12,13)14/h2-6H,1H3,(H,15,16). The minimum atomic E-state index is -4.40. The number of thioether (sulfide) groups is 1. The minimum Gasteiger partial charge on any atom is -0.324 e. The first-order valence-electron chi connectivity index (χ1n) is 4.59. The number of carbonyl (C=O) groups excluding carboxylic acids is 1. The van der Waals surface area contributed by atoms with Gasteiger partial charge in [-0.1, -0.05) is 12.1 Å². The molecule has 0 aromatic heterocycles. The molecule has 0 aliphatic carbocycles. The molecule has 94 valence electrons. The van der Waals surface area contributed by atoms with Crippen LogP contribution in [0, 0.1) is 0 Å². The van der Waals surface area contributed by atoms with Gasteiger partial charge in [0.05, 0.1) is 5.69 Å². The number of amides is 1. The zero-order valence-corrected chi connectivity index (χ0v) is 10.3. The van der Waals surface area contributed by atoms with E-state index in [1.807, 2.05) is 0 Å². The summed E-state index contributed by atoms with van der Waals surface area (Å²) in [6, 6.07) is 5.68. The molecule has 0 radical (unpaired) electrons. The molecule has 2 nitrogen and oxygen atoms in total. The van der Waals surface area contributed by atoms with Crippen LogP contribution >= 0.6 is 23.4 Å². The van der Waals surface area contributed by atoms with E-state index in [1.165, 1.54) is 31.2 Å². The van der Waals surface area contributed by atoms with Crippen LogP contribution in [0.5, 0.6) is 0 Å². The molecule has 0 aliphatic rings. The first-order valence-corrected chi connectivity index (χ1v) is 5.84. The summed E-state index contributed by atoms with van der Waals surface area (Å²) in [7, 11) is 0. The van der Waals surface area contributed by atoms with Crippen LogP contribution in [0.15, 0.2) is 29.2 Å². The number of para-hydroxylation sites is 1. The van der Waals surface area contributed by atoms with E-state index in [1.54, 1.807) is 0 Å². The van der Waals surface area contributed by atoms with Crippen LogP contribution in [0.4, 0.5) is 18.9 Å². The summed E-state index contributed by atoms with van der Waals surface area (Å²) in [4.78, 5) is 11.2. The lowest BCUT2D eigenvalue weighted by molar-refractivity contribution is -0.115. The highest BCUT2D eigenvalue weighted by Gasteiger charge is 2.30. The SMILES string of the molecule is CC(Cl)C(=O)Nc1ccccc1SC(F)(F)F. The van der Waals surface area contributed by atoms with Crippen molar-refractivity contribution >= 4 is 35.0 Å². The number of carbonyl (C=O) groups is 1. The number of benzene rings is 1. The summed E-state index contributed by atoms with van der Waals surface area (Å²) in [6.07, 6.45) is 0. The number of anilines is 1. The smallest absolute Gasteiger partial charge is 0.324 e. The normalized spacial score (nSPS) is 13.2. The highest BCUT2D eigenvalue weighted by Crippen LogP contribution is 2.40. The molecule has 0 heterocycles. The van der Waals surface area contributed by atoms with Gasteiger partial charge in [-0.2, -0.15) is 13.2 Å². The average molecular weight is 284 g/mol. The van der Waals surface area contributed by atoms with E-state index >= 15 is 0 Å².